The molecule has 1 aliphatic rings. The first-order valence-corrected chi connectivity index (χ1v) is 7.76. The van der Waals surface area contributed by atoms with Gasteiger partial charge in [0.1, 0.15) is 11.5 Å². The van der Waals surface area contributed by atoms with Crippen molar-refractivity contribution in [2.75, 3.05) is 26.3 Å². The van der Waals surface area contributed by atoms with Gasteiger partial charge < -0.3 is 29.6 Å². The summed E-state index contributed by atoms with van der Waals surface area (Å²) in [4.78, 5) is 0. The van der Waals surface area contributed by atoms with Gasteiger partial charge >= 0.3 is 0 Å². The molecule has 6 nitrogen and oxygen atoms in total. The van der Waals surface area contributed by atoms with Gasteiger partial charge in [-0.1, -0.05) is 6.07 Å². The Balaban J connectivity index is 1.61. The highest BCUT2D eigenvalue weighted by Gasteiger charge is 2.13. The van der Waals surface area contributed by atoms with E-state index in [1.54, 1.807) is 14.2 Å². The van der Waals surface area contributed by atoms with Crippen LogP contribution in [0.2, 0.25) is 0 Å². The lowest BCUT2D eigenvalue weighted by atomic mass is 10.2. The van der Waals surface area contributed by atoms with Crippen molar-refractivity contribution in [3.8, 4) is 23.0 Å². The average Bonchev–Trinajstić information content (AvgIpc) is 3.07. The molecule has 1 heterocycles. The van der Waals surface area contributed by atoms with E-state index in [0.717, 1.165) is 28.5 Å². The lowest BCUT2D eigenvalue weighted by Crippen LogP contribution is -2.28. The Hall–Kier alpha value is -2.67. The van der Waals surface area contributed by atoms with Gasteiger partial charge in [0.2, 0.25) is 6.79 Å². The van der Waals surface area contributed by atoms with Crippen molar-refractivity contribution >= 4 is 23.0 Å². The molecule has 1 aliphatic heterocycles. The Bertz CT molecular complexity index is 751. The van der Waals surface area contributed by atoms with E-state index in [1.807, 2.05) is 36.4 Å². The molecular formula is C17H18N2O4S. The Kier molecular flexibility index (Phi) is 4.90. The molecule has 0 amide bonds. The van der Waals surface area contributed by atoms with Gasteiger partial charge in [-0.25, -0.2) is 0 Å². The minimum atomic E-state index is 0.266. The predicted octanol–water partition coefficient (Wildman–Crippen LogP) is 2.92. The fourth-order valence-electron chi connectivity index (χ4n) is 2.31. The maximum Gasteiger partial charge on any atom is 0.231 e. The Morgan fingerprint density at radius 2 is 1.92 bits per heavy atom. The molecule has 0 bridgehead atoms. The molecule has 0 atom stereocenters. The summed E-state index contributed by atoms with van der Waals surface area (Å²) in [5.74, 6) is 2.92. The summed E-state index contributed by atoms with van der Waals surface area (Å²) in [6, 6.07) is 11.3. The summed E-state index contributed by atoms with van der Waals surface area (Å²) in [5.41, 5.74) is 1.78. The van der Waals surface area contributed by atoms with E-state index in [4.69, 9.17) is 31.2 Å². The minimum absolute atomic E-state index is 0.266. The zero-order valence-corrected chi connectivity index (χ0v) is 14.2. The van der Waals surface area contributed by atoms with Crippen LogP contribution in [0.15, 0.2) is 36.4 Å². The smallest absolute Gasteiger partial charge is 0.231 e. The largest absolute Gasteiger partial charge is 0.497 e. The third kappa shape index (κ3) is 3.62. The van der Waals surface area contributed by atoms with Crippen molar-refractivity contribution in [2.45, 2.75) is 6.54 Å². The first-order valence-electron chi connectivity index (χ1n) is 7.35. The van der Waals surface area contributed by atoms with E-state index >= 15 is 0 Å². The molecule has 7 heteroatoms. The summed E-state index contributed by atoms with van der Waals surface area (Å²) >= 11 is 5.35. The molecule has 2 N–H and O–H groups in total. The number of methoxy groups -OCH3 is 2. The van der Waals surface area contributed by atoms with E-state index in [1.165, 1.54) is 0 Å². The van der Waals surface area contributed by atoms with Crippen molar-refractivity contribution in [3.63, 3.8) is 0 Å². The third-order valence-electron chi connectivity index (χ3n) is 3.54. The Labute approximate surface area is 145 Å². The molecule has 0 aliphatic carbocycles. The molecule has 24 heavy (non-hydrogen) atoms. The zero-order chi connectivity index (χ0) is 16.9. The van der Waals surface area contributed by atoms with Crippen molar-refractivity contribution in [2.24, 2.45) is 0 Å². The molecule has 0 spiro atoms. The van der Waals surface area contributed by atoms with Crippen LogP contribution in [-0.4, -0.2) is 26.1 Å². The van der Waals surface area contributed by atoms with Crippen molar-refractivity contribution in [3.05, 3.63) is 42.0 Å². The molecule has 0 radical (unpaired) electrons. The van der Waals surface area contributed by atoms with Gasteiger partial charge in [0.05, 0.1) is 19.9 Å². The standard InChI is InChI=1S/C17H18N2O4S/c1-20-12-4-6-14(21-2)13(8-12)19-17(24)18-9-11-3-5-15-16(7-11)23-10-22-15/h3-8H,9-10H2,1-2H3,(H2,18,19,24). The monoisotopic (exact) mass is 346 g/mol. The zero-order valence-electron chi connectivity index (χ0n) is 13.4. The second kappa shape index (κ2) is 7.27. The van der Waals surface area contributed by atoms with Crippen LogP contribution in [0.3, 0.4) is 0 Å². The molecule has 0 fully saturated rings. The SMILES string of the molecule is COc1ccc(OC)c(NC(=S)NCc2ccc3c(c2)OCO3)c1. The number of hydrogen-bond acceptors (Lipinski definition) is 5. The van der Waals surface area contributed by atoms with Gasteiger partial charge in [0.25, 0.3) is 0 Å². The van der Waals surface area contributed by atoms with Gasteiger partial charge in [0.15, 0.2) is 16.6 Å². The van der Waals surface area contributed by atoms with E-state index in [9.17, 15) is 0 Å². The van der Waals surface area contributed by atoms with Crippen LogP contribution < -0.4 is 29.6 Å². The van der Waals surface area contributed by atoms with Gasteiger partial charge in [-0.3, -0.25) is 0 Å². The highest BCUT2D eigenvalue weighted by molar-refractivity contribution is 7.80. The molecule has 2 aromatic carbocycles. The molecule has 2 aromatic rings. The van der Waals surface area contributed by atoms with Gasteiger partial charge in [-0.2, -0.15) is 0 Å². The molecule has 126 valence electrons. The molecule has 0 unspecified atom stereocenters. The molecular weight excluding hydrogens is 328 g/mol. The number of anilines is 1. The number of thiocarbonyl (C=S) groups is 1. The van der Waals surface area contributed by atoms with E-state index in [-0.39, 0.29) is 6.79 Å². The van der Waals surface area contributed by atoms with Crippen molar-refractivity contribution < 1.29 is 18.9 Å². The summed E-state index contributed by atoms with van der Waals surface area (Å²) in [7, 11) is 3.22. The van der Waals surface area contributed by atoms with Crippen molar-refractivity contribution in [1.82, 2.24) is 5.32 Å². The van der Waals surface area contributed by atoms with Gasteiger partial charge in [-0.15, -0.1) is 0 Å². The number of ether oxygens (including phenoxy) is 4. The van der Waals surface area contributed by atoms with Crippen LogP contribution in [0.5, 0.6) is 23.0 Å². The normalized spacial score (nSPS) is 11.8. The van der Waals surface area contributed by atoms with Crippen LogP contribution in [0.1, 0.15) is 5.56 Å². The molecule has 3 rings (SSSR count). The van der Waals surface area contributed by atoms with Crippen LogP contribution in [0.4, 0.5) is 5.69 Å². The number of rotatable bonds is 5. The van der Waals surface area contributed by atoms with Crippen molar-refractivity contribution in [1.29, 1.82) is 0 Å². The first-order chi connectivity index (χ1) is 11.7. The average molecular weight is 346 g/mol. The Morgan fingerprint density at radius 1 is 1.08 bits per heavy atom. The molecule has 0 saturated carbocycles. The topological polar surface area (TPSA) is 61.0 Å². The lowest BCUT2D eigenvalue weighted by molar-refractivity contribution is 0.174. The summed E-state index contributed by atoms with van der Waals surface area (Å²) in [6.07, 6.45) is 0. The van der Waals surface area contributed by atoms with Gasteiger partial charge in [-0.05, 0) is 42.0 Å². The fraction of sp³-hybridized carbons (Fsp3) is 0.235. The van der Waals surface area contributed by atoms with Crippen LogP contribution in [-0.2, 0) is 6.54 Å². The Morgan fingerprint density at radius 3 is 2.71 bits per heavy atom. The van der Waals surface area contributed by atoms with Gasteiger partial charge in [0, 0.05) is 12.6 Å². The van der Waals surface area contributed by atoms with E-state index < -0.39 is 0 Å². The predicted molar refractivity (Wildman–Crippen MR) is 95.2 cm³/mol. The first kappa shape index (κ1) is 16.2. The highest BCUT2D eigenvalue weighted by Crippen LogP contribution is 2.32. The van der Waals surface area contributed by atoms with E-state index in [0.29, 0.717) is 17.4 Å². The minimum Gasteiger partial charge on any atom is -0.497 e. The highest BCUT2D eigenvalue weighted by atomic mass is 32.1. The molecule has 0 aromatic heterocycles. The van der Waals surface area contributed by atoms with Crippen LogP contribution >= 0.6 is 12.2 Å². The quantitative estimate of drug-likeness (QED) is 0.807. The molecule has 0 saturated heterocycles. The second-order valence-electron chi connectivity index (χ2n) is 5.06. The maximum absolute atomic E-state index is 5.37. The fourth-order valence-corrected chi connectivity index (χ4v) is 2.49. The number of benzene rings is 2. The summed E-state index contributed by atoms with van der Waals surface area (Å²) in [6.45, 7) is 0.830. The van der Waals surface area contributed by atoms with Crippen LogP contribution in [0.25, 0.3) is 0 Å². The number of fused-ring (bicyclic) bond motifs is 1. The summed E-state index contributed by atoms with van der Waals surface area (Å²) in [5, 5.41) is 6.76. The number of nitrogens with one attached hydrogen (secondary N) is 2. The summed E-state index contributed by atoms with van der Waals surface area (Å²) < 4.78 is 21.2. The maximum atomic E-state index is 5.37. The van der Waals surface area contributed by atoms with E-state index in [2.05, 4.69) is 10.6 Å². The van der Waals surface area contributed by atoms with Crippen LogP contribution in [0, 0.1) is 0 Å². The second-order valence-corrected chi connectivity index (χ2v) is 5.47. The number of hydrogen-bond donors (Lipinski definition) is 2. The lowest BCUT2D eigenvalue weighted by Gasteiger charge is -2.14. The third-order valence-corrected chi connectivity index (χ3v) is 3.79.